The third-order valence-corrected chi connectivity index (χ3v) is 4.71. The van der Waals surface area contributed by atoms with Gasteiger partial charge in [0.15, 0.2) is 0 Å². The quantitative estimate of drug-likeness (QED) is 0.811. The topological polar surface area (TPSA) is 50.8 Å². The van der Waals surface area contributed by atoms with Gasteiger partial charge >= 0.3 is 0 Å². The molecule has 0 unspecified atom stereocenters. The van der Waals surface area contributed by atoms with Gasteiger partial charge < -0.3 is 14.8 Å². The number of fused-ring (bicyclic) bond motifs is 1. The number of hydrogen-bond acceptors (Lipinski definition) is 4. The van der Waals surface area contributed by atoms with Crippen LogP contribution in [0.4, 0.5) is 0 Å². The number of rotatable bonds is 6. The number of unbranched alkanes of at least 4 members (excludes halogenated alkanes) is 1. The van der Waals surface area contributed by atoms with Gasteiger partial charge in [0.1, 0.15) is 18.3 Å². The van der Waals surface area contributed by atoms with E-state index in [0.29, 0.717) is 18.8 Å². The second-order valence-corrected chi connectivity index (χ2v) is 6.92. The molecule has 1 aromatic carbocycles. The highest BCUT2D eigenvalue weighted by Gasteiger charge is 2.29. The van der Waals surface area contributed by atoms with Gasteiger partial charge in [0.05, 0.1) is 12.2 Å². The number of para-hydroxylation sites is 1. The smallest absolute Gasteiger partial charge is 0.231 e. The molecule has 3 atom stereocenters. The Bertz CT molecular complexity index is 553. The summed E-state index contributed by atoms with van der Waals surface area (Å²) in [5, 5.41) is 3.06. The number of amides is 1. The lowest BCUT2D eigenvalue weighted by Crippen LogP contribution is -2.45. The van der Waals surface area contributed by atoms with Crippen molar-refractivity contribution in [1.82, 2.24) is 10.2 Å². The molecule has 1 amide bonds. The largest absolute Gasteiger partial charge is 0.492 e. The van der Waals surface area contributed by atoms with Crippen molar-refractivity contribution in [1.29, 1.82) is 0 Å². The number of nitrogens with zero attached hydrogens (tertiary/aromatic N) is 1. The number of carbonyl (C=O) groups is 1. The van der Waals surface area contributed by atoms with Crippen molar-refractivity contribution in [2.45, 2.75) is 44.8 Å². The summed E-state index contributed by atoms with van der Waals surface area (Å²) < 4.78 is 11.3. The van der Waals surface area contributed by atoms with Crippen molar-refractivity contribution in [3.63, 3.8) is 0 Å². The molecule has 3 rings (SSSR count). The van der Waals surface area contributed by atoms with Crippen LogP contribution in [0.2, 0.25) is 0 Å². The van der Waals surface area contributed by atoms with Gasteiger partial charge in [-0.05, 0) is 39.3 Å². The Morgan fingerprint density at radius 3 is 2.75 bits per heavy atom. The Balaban J connectivity index is 1.35. The molecule has 5 heteroatoms. The van der Waals surface area contributed by atoms with Crippen LogP contribution in [-0.4, -0.2) is 55.8 Å². The zero-order chi connectivity index (χ0) is 16.9. The van der Waals surface area contributed by atoms with E-state index in [2.05, 4.69) is 24.1 Å². The Labute approximate surface area is 144 Å². The second-order valence-electron chi connectivity index (χ2n) is 6.92. The van der Waals surface area contributed by atoms with Crippen LogP contribution in [-0.2, 0) is 9.53 Å². The Morgan fingerprint density at radius 2 is 1.96 bits per heavy atom. The van der Waals surface area contributed by atoms with Crippen LogP contribution in [0, 0.1) is 0 Å². The van der Waals surface area contributed by atoms with Gasteiger partial charge in [-0.25, -0.2) is 0 Å². The molecule has 0 aromatic heterocycles. The summed E-state index contributed by atoms with van der Waals surface area (Å²) in [7, 11) is 0. The SMILES string of the molecule is C[C@@H]1CN(CCCCNC(=O)[C@@H]2COc3ccccc32)C[C@@H](C)O1. The van der Waals surface area contributed by atoms with Crippen molar-refractivity contribution in [2.75, 3.05) is 32.8 Å². The van der Waals surface area contributed by atoms with Crippen molar-refractivity contribution in [3.8, 4) is 5.75 Å². The summed E-state index contributed by atoms with van der Waals surface area (Å²) in [5.41, 5.74) is 1.01. The summed E-state index contributed by atoms with van der Waals surface area (Å²) in [6.07, 6.45) is 2.73. The molecule has 0 spiro atoms. The van der Waals surface area contributed by atoms with Gasteiger partial charge in [-0.1, -0.05) is 18.2 Å². The molecule has 2 aliphatic heterocycles. The number of nitrogens with one attached hydrogen (secondary N) is 1. The summed E-state index contributed by atoms with van der Waals surface area (Å²) >= 11 is 0. The first-order valence-corrected chi connectivity index (χ1v) is 9.00. The first kappa shape index (κ1) is 17.2. The van der Waals surface area contributed by atoms with E-state index in [1.54, 1.807) is 0 Å². The Morgan fingerprint density at radius 1 is 1.21 bits per heavy atom. The number of hydrogen-bond donors (Lipinski definition) is 1. The number of carbonyl (C=O) groups excluding carboxylic acids is 1. The van der Waals surface area contributed by atoms with Gasteiger partial charge in [-0.2, -0.15) is 0 Å². The maximum absolute atomic E-state index is 12.3. The fourth-order valence-corrected chi connectivity index (χ4v) is 3.64. The number of morpholine rings is 1. The zero-order valence-corrected chi connectivity index (χ0v) is 14.7. The second kappa shape index (κ2) is 7.99. The molecule has 132 valence electrons. The molecule has 1 fully saturated rings. The molecular weight excluding hydrogens is 304 g/mol. The number of benzene rings is 1. The van der Waals surface area contributed by atoms with Gasteiger partial charge in [-0.3, -0.25) is 9.69 Å². The van der Waals surface area contributed by atoms with E-state index in [0.717, 1.165) is 50.3 Å². The average molecular weight is 332 g/mol. The van der Waals surface area contributed by atoms with Crippen LogP contribution in [0.3, 0.4) is 0 Å². The minimum Gasteiger partial charge on any atom is -0.492 e. The highest BCUT2D eigenvalue weighted by atomic mass is 16.5. The van der Waals surface area contributed by atoms with Gasteiger partial charge in [-0.15, -0.1) is 0 Å². The Kier molecular flexibility index (Phi) is 5.74. The lowest BCUT2D eigenvalue weighted by molar-refractivity contribution is -0.122. The maximum Gasteiger partial charge on any atom is 0.231 e. The predicted molar refractivity (Wildman–Crippen MR) is 93.4 cm³/mol. The lowest BCUT2D eigenvalue weighted by Gasteiger charge is -2.35. The fourth-order valence-electron chi connectivity index (χ4n) is 3.64. The van der Waals surface area contributed by atoms with Gasteiger partial charge in [0, 0.05) is 25.2 Å². The maximum atomic E-state index is 12.3. The molecule has 2 aliphatic rings. The van der Waals surface area contributed by atoms with Crippen LogP contribution in [0.1, 0.15) is 38.2 Å². The normalized spacial score (nSPS) is 26.7. The summed E-state index contributed by atoms with van der Waals surface area (Å²) in [6.45, 7) is 8.53. The monoisotopic (exact) mass is 332 g/mol. The average Bonchev–Trinajstić information content (AvgIpc) is 2.97. The molecule has 1 N–H and O–H groups in total. The molecule has 24 heavy (non-hydrogen) atoms. The molecule has 0 radical (unpaired) electrons. The van der Waals surface area contributed by atoms with Crippen molar-refractivity contribution in [2.24, 2.45) is 0 Å². The van der Waals surface area contributed by atoms with Crippen LogP contribution >= 0.6 is 0 Å². The van der Waals surface area contributed by atoms with E-state index in [9.17, 15) is 4.79 Å². The van der Waals surface area contributed by atoms with Crippen LogP contribution < -0.4 is 10.1 Å². The minimum absolute atomic E-state index is 0.0774. The van der Waals surface area contributed by atoms with E-state index in [1.165, 1.54) is 0 Å². The van der Waals surface area contributed by atoms with Crippen LogP contribution in [0.25, 0.3) is 0 Å². The molecule has 0 saturated carbocycles. The first-order valence-electron chi connectivity index (χ1n) is 9.00. The van der Waals surface area contributed by atoms with Crippen LogP contribution in [0.15, 0.2) is 24.3 Å². The summed E-state index contributed by atoms with van der Waals surface area (Å²) in [5.74, 6) is 0.754. The molecule has 1 saturated heterocycles. The number of ether oxygens (including phenoxy) is 2. The van der Waals surface area contributed by atoms with Crippen LogP contribution in [0.5, 0.6) is 5.75 Å². The molecule has 0 aliphatic carbocycles. The first-order chi connectivity index (χ1) is 11.6. The standard InChI is InChI=1S/C19H28N2O3/c1-14-11-21(12-15(2)24-14)10-6-5-9-20-19(22)17-13-23-18-8-4-3-7-16(17)18/h3-4,7-8,14-15,17H,5-6,9-13H2,1-2H3,(H,20,22)/t14-,15-,17-/m1/s1. The van der Waals surface area contributed by atoms with Crippen molar-refractivity contribution in [3.05, 3.63) is 29.8 Å². The van der Waals surface area contributed by atoms with E-state index in [4.69, 9.17) is 9.47 Å². The molecular formula is C19H28N2O3. The predicted octanol–water partition coefficient (Wildman–Crippen LogP) is 2.17. The third kappa shape index (κ3) is 4.28. The highest BCUT2D eigenvalue weighted by molar-refractivity contribution is 5.85. The Hall–Kier alpha value is -1.59. The molecule has 0 bridgehead atoms. The van der Waals surface area contributed by atoms with E-state index < -0.39 is 0 Å². The minimum atomic E-state index is -0.165. The molecule has 1 aromatic rings. The van der Waals surface area contributed by atoms with E-state index >= 15 is 0 Å². The molecule has 2 heterocycles. The zero-order valence-electron chi connectivity index (χ0n) is 14.7. The van der Waals surface area contributed by atoms with E-state index in [1.807, 2.05) is 24.3 Å². The van der Waals surface area contributed by atoms with Crippen molar-refractivity contribution < 1.29 is 14.3 Å². The van der Waals surface area contributed by atoms with Gasteiger partial charge in [0.2, 0.25) is 5.91 Å². The summed E-state index contributed by atoms with van der Waals surface area (Å²) in [6, 6.07) is 7.80. The molecule has 5 nitrogen and oxygen atoms in total. The van der Waals surface area contributed by atoms with Crippen molar-refractivity contribution >= 4 is 5.91 Å². The third-order valence-electron chi connectivity index (χ3n) is 4.71. The fraction of sp³-hybridized carbons (Fsp3) is 0.632. The van der Waals surface area contributed by atoms with E-state index in [-0.39, 0.29) is 11.8 Å². The highest BCUT2D eigenvalue weighted by Crippen LogP contribution is 2.33. The van der Waals surface area contributed by atoms with Gasteiger partial charge in [0.25, 0.3) is 0 Å². The summed E-state index contributed by atoms with van der Waals surface area (Å²) in [4.78, 5) is 14.8. The lowest BCUT2D eigenvalue weighted by atomic mass is 10.0.